The molecule has 19 heavy (non-hydrogen) atoms. The van der Waals surface area contributed by atoms with E-state index >= 15 is 0 Å². The first kappa shape index (κ1) is 13.2. The number of primary amides is 1. The average molecular weight is 277 g/mol. The number of nitrogens with two attached hydrogens (primary N) is 2. The zero-order valence-electron chi connectivity index (χ0n) is 10.3. The summed E-state index contributed by atoms with van der Waals surface area (Å²) in [7, 11) is 0. The number of hydrogen-bond acceptors (Lipinski definition) is 3. The van der Waals surface area contributed by atoms with Crippen LogP contribution in [-0.2, 0) is 0 Å². The Morgan fingerprint density at radius 2 is 1.95 bits per heavy atom. The van der Waals surface area contributed by atoms with Crippen LogP contribution in [0.1, 0.15) is 15.9 Å². The van der Waals surface area contributed by atoms with E-state index in [1.807, 2.05) is 13.0 Å². The van der Waals surface area contributed by atoms with E-state index in [-0.39, 0.29) is 5.56 Å². The van der Waals surface area contributed by atoms with Crippen LogP contribution in [0.15, 0.2) is 36.4 Å². The fourth-order valence-electron chi connectivity index (χ4n) is 1.63. The first-order chi connectivity index (χ1) is 8.97. The molecule has 5 heteroatoms. The fraction of sp³-hybridized carbons (Fsp3) is 0.0714. The number of aryl methyl sites for hydroxylation is 1. The van der Waals surface area contributed by atoms with E-state index in [0.29, 0.717) is 22.2 Å². The van der Waals surface area contributed by atoms with Crippen molar-refractivity contribution < 1.29 is 9.53 Å². The highest BCUT2D eigenvalue weighted by Gasteiger charge is 2.09. The lowest BCUT2D eigenvalue weighted by molar-refractivity contribution is 0.100. The minimum atomic E-state index is -0.599. The van der Waals surface area contributed by atoms with Crippen LogP contribution in [0, 0.1) is 6.92 Å². The van der Waals surface area contributed by atoms with Crippen LogP contribution in [0.25, 0.3) is 0 Å². The largest absolute Gasteiger partial charge is 0.456 e. The van der Waals surface area contributed by atoms with Gasteiger partial charge in [-0.05, 0) is 42.8 Å². The predicted molar refractivity (Wildman–Crippen MR) is 75.6 cm³/mol. The zero-order chi connectivity index (χ0) is 14.0. The third-order valence-electron chi connectivity index (χ3n) is 2.61. The lowest BCUT2D eigenvalue weighted by Crippen LogP contribution is -2.13. The van der Waals surface area contributed by atoms with Gasteiger partial charge in [0, 0.05) is 5.69 Å². The van der Waals surface area contributed by atoms with Crippen molar-refractivity contribution in [2.24, 2.45) is 5.73 Å². The van der Waals surface area contributed by atoms with E-state index in [2.05, 4.69) is 0 Å². The Labute approximate surface area is 115 Å². The summed E-state index contributed by atoms with van der Waals surface area (Å²) >= 11 is 6.07. The lowest BCUT2D eigenvalue weighted by atomic mass is 10.1. The van der Waals surface area contributed by atoms with Crippen LogP contribution in [0.5, 0.6) is 11.5 Å². The molecule has 2 rings (SSSR count). The van der Waals surface area contributed by atoms with Crippen molar-refractivity contribution in [1.82, 2.24) is 0 Å². The van der Waals surface area contributed by atoms with Gasteiger partial charge in [-0.3, -0.25) is 4.79 Å². The number of benzene rings is 2. The first-order valence-corrected chi connectivity index (χ1v) is 5.98. The Balaban J connectivity index is 2.33. The second-order valence-electron chi connectivity index (χ2n) is 4.15. The van der Waals surface area contributed by atoms with Crippen molar-refractivity contribution in [3.63, 3.8) is 0 Å². The average Bonchev–Trinajstić information content (AvgIpc) is 2.34. The van der Waals surface area contributed by atoms with E-state index in [9.17, 15) is 4.79 Å². The molecule has 1 amide bonds. The number of nitrogen functional groups attached to an aromatic ring is 1. The summed E-state index contributed by atoms with van der Waals surface area (Å²) in [5, 5.41) is 0.498. The van der Waals surface area contributed by atoms with Crippen LogP contribution >= 0.6 is 11.6 Å². The third kappa shape index (κ3) is 2.98. The summed E-state index contributed by atoms with van der Waals surface area (Å²) < 4.78 is 5.61. The molecule has 0 saturated carbocycles. The highest BCUT2D eigenvalue weighted by molar-refractivity contribution is 6.32. The molecule has 0 spiro atoms. The molecular formula is C14H13ClN2O2. The summed E-state index contributed by atoms with van der Waals surface area (Å²) in [6, 6.07) is 10.2. The van der Waals surface area contributed by atoms with Crippen LogP contribution in [0.4, 0.5) is 5.69 Å². The highest BCUT2D eigenvalue weighted by Crippen LogP contribution is 2.31. The van der Waals surface area contributed by atoms with E-state index in [0.717, 1.165) is 5.56 Å². The van der Waals surface area contributed by atoms with E-state index in [4.69, 9.17) is 27.8 Å². The Kier molecular flexibility index (Phi) is 3.62. The summed E-state index contributed by atoms with van der Waals surface area (Å²) in [5.74, 6) is 0.360. The molecular weight excluding hydrogens is 264 g/mol. The van der Waals surface area contributed by atoms with E-state index < -0.39 is 5.91 Å². The molecule has 0 aliphatic carbocycles. The summed E-state index contributed by atoms with van der Waals surface area (Å²) in [4.78, 5) is 11.2. The van der Waals surface area contributed by atoms with Gasteiger partial charge < -0.3 is 16.2 Å². The number of ether oxygens (including phenoxy) is 1. The van der Waals surface area contributed by atoms with Gasteiger partial charge in [0.2, 0.25) is 0 Å². The summed E-state index contributed by atoms with van der Waals surface area (Å²) in [5.41, 5.74) is 12.4. The molecule has 0 heterocycles. The molecule has 0 aliphatic rings. The quantitative estimate of drug-likeness (QED) is 0.846. The minimum absolute atomic E-state index is 0.223. The lowest BCUT2D eigenvalue weighted by Gasteiger charge is -2.10. The number of hydrogen-bond donors (Lipinski definition) is 2. The maximum absolute atomic E-state index is 11.2. The van der Waals surface area contributed by atoms with Gasteiger partial charge in [0.05, 0.1) is 10.6 Å². The molecule has 4 N–H and O–H groups in total. The standard InChI is InChI=1S/C14H13ClN2O2/c1-8-2-5-13(11(15)6-8)19-9-3-4-12(16)10(7-9)14(17)18/h2-7H,16H2,1H3,(H2,17,18). The van der Waals surface area contributed by atoms with Gasteiger partial charge in [-0.25, -0.2) is 0 Å². The van der Waals surface area contributed by atoms with Crippen molar-refractivity contribution in [3.05, 3.63) is 52.5 Å². The van der Waals surface area contributed by atoms with E-state index in [1.54, 1.807) is 24.3 Å². The smallest absolute Gasteiger partial charge is 0.250 e. The van der Waals surface area contributed by atoms with Crippen molar-refractivity contribution in [2.75, 3.05) is 5.73 Å². The third-order valence-corrected chi connectivity index (χ3v) is 2.90. The Morgan fingerprint density at radius 1 is 1.21 bits per heavy atom. The van der Waals surface area contributed by atoms with Gasteiger partial charge >= 0.3 is 0 Å². The van der Waals surface area contributed by atoms with Crippen LogP contribution in [0.3, 0.4) is 0 Å². The van der Waals surface area contributed by atoms with E-state index in [1.165, 1.54) is 6.07 Å². The van der Waals surface area contributed by atoms with Gasteiger partial charge in [-0.15, -0.1) is 0 Å². The molecule has 2 aromatic carbocycles. The SMILES string of the molecule is Cc1ccc(Oc2ccc(N)c(C(N)=O)c2)c(Cl)c1. The molecule has 0 bridgehead atoms. The molecule has 0 atom stereocenters. The first-order valence-electron chi connectivity index (χ1n) is 5.60. The number of carbonyl (C=O) groups excluding carboxylic acids is 1. The Bertz CT molecular complexity index is 641. The second kappa shape index (κ2) is 5.20. The maximum Gasteiger partial charge on any atom is 0.250 e. The van der Waals surface area contributed by atoms with Gasteiger partial charge in [0.1, 0.15) is 11.5 Å². The molecule has 0 fully saturated rings. The van der Waals surface area contributed by atoms with Crippen molar-refractivity contribution in [1.29, 1.82) is 0 Å². The van der Waals surface area contributed by atoms with Crippen LogP contribution in [-0.4, -0.2) is 5.91 Å². The molecule has 0 unspecified atom stereocenters. The Morgan fingerprint density at radius 3 is 2.58 bits per heavy atom. The normalized spacial score (nSPS) is 10.2. The van der Waals surface area contributed by atoms with Crippen LogP contribution in [0.2, 0.25) is 5.02 Å². The molecule has 0 aliphatic heterocycles. The number of anilines is 1. The fourth-order valence-corrected chi connectivity index (χ4v) is 1.90. The van der Waals surface area contributed by atoms with Crippen molar-refractivity contribution >= 4 is 23.2 Å². The molecule has 0 aromatic heterocycles. The minimum Gasteiger partial charge on any atom is -0.456 e. The van der Waals surface area contributed by atoms with Gasteiger partial charge in [-0.2, -0.15) is 0 Å². The second-order valence-corrected chi connectivity index (χ2v) is 4.56. The predicted octanol–water partition coefficient (Wildman–Crippen LogP) is 3.12. The van der Waals surface area contributed by atoms with Gasteiger partial charge in [0.25, 0.3) is 5.91 Å². The molecule has 2 aromatic rings. The van der Waals surface area contributed by atoms with Gasteiger partial charge in [0.15, 0.2) is 0 Å². The topological polar surface area (TPSA) is 78.3 Å². The summed E-state index contributed by atoms with van der Waals surface area (Å²) in [6.45, 7) is 1.93. The highest BCUT2D eigenvalue weighted by atomic mass is 35.5. The summed E-state index contributed by atoms with van der Waals surface area (Å²) in [6.07, 6.45) is 0. The maximum atomic E-state index is 11.2. The number of amides is 1. The number of carbonyl (C=O) groups is 1. The van der Waals surface area contributed by atoms with Gasteiger partial charge in [-0.1, -0.05) is 17.7 Å². The molecule has 0 radical (unpaired) electrons. The molecule has 0 saturated heterocycles. The molecule has 98 valence electrons. The van der Waals surface area contributed by atoms with Crippen molar-refractivity contribution in [2.45, 2.75) is 6.92 Å². The van der Waals surface area contributed by atoms with Crippen molar-refractivity contribution in [3.8, 4) is 11.5 Å². The monoisotopic (exact) mass is 276 g/mol. The molecule has 4 nitrogen and oxygen atoms in total. The number of halogens is 1. The van der Waals surface area contributed by atoms with Crippen LogP contribution < -0.4 is 16.2 Å². The Hall–Kier alpha value is -2.20. The zero-order valence-corrected chi connectivity index (χ0v) is 11.1. The number of rotatable bonds is 3.